The number of fused-ring (bicyclic) bond motifs is 1. The van der Waals surface area contributed by atoms with Crippen LogP contribution in [0.4, 0.5) is 5.95 Å². The zero-order valence-corrected chi connectivity index (χ0v) is 12.1. The molecule has 5 nitrogen and oxygen atoms in total. The molecule has 0 bridgehead atoms. The second-order valence-corrected chi connectivity index (χ2v) is 6.25. The number of hydrogen-bond donors (Lipinski definition) is 1. The molecule has 4 rings (SSSR count). The van der Waals surface area contributed by atoms with Gasteiger partial charge in [-0.1, -0.05) is 25.3 Å². The summed E-state index contributed by atoms with van der Waals surface area (Å²) in [5, 5.41) is 7.35. The van der Waals surface area contributed by atoms with Crippen molar-refractivity contribution in [2.24, 2.45) is 5.92 Å². The van der Waals surface area contributed by atoms with Gasteiger partial charge < -0.3 is 0 Å². The number of pyridine rings is 1. The Morgan fingerprint density at radius 1 is 1.14 bits per heavy atom. The number of carbonyl (C=O) groups excluding carboxylic acids is 1. The lowest BCUT2D eigenvalue weighted by molar-refractivity contribution is -0.117. The first-order valence-corrected chi connectivity index (χ1v) is 7.98. The molecule has 0 unspecified atom stereocenters. The summed E-state index contributed by atoms with van der Waals surface area (Å²) in [4.78, 5) is 16.3. The van der Waals surface area contributed by atoms with Crippen LogP contribution in [0.5, 0.6) is 0 Å². The van der Waals surface area contributed by atoms with Gasteiger partial charge in [-0.05, 0) is 37.8 Å². The topological polar surface area (TPSA) is 59.3 Å². The Morgan fingerprint density at radius 2 is 1.95 bits per heavy atom. The molecule has 2 aromatic heterocycles. The van der Waals surface area contributed by atoms with Crippen LogP contribution in [-0.4, -0.2) is 20.5 Å². The molecule has 2 heterocycles. The minimum Gasteiger partial charge on any atom is -0.293 e. The Kier molecular flexibility index (Phi) is 3.13. The molecule has 5 heteroatoms. The molecule has 2 saturated carbocycles. The summed E-state index contributed by atoms with van der Waals surface area (Å²) in [7, 11) is 0. The summed E-state index contributed by atoms with van der Waals surface area (Å²) < 4.78 is 1.92. The van der Waals surface area contributed by atoms with Gasteiger partial charge in [0.15, 0.2) is 5.65 Å². The summed E-state index contributed by atoms with van der Waals surface area (Å²) in [5.41, 5.74) is 2.05. The van der Waals surface area contributed by atoms with E-state index in [2.05, 4.69) is 21.5 Å². The number of nitrogens with zero attached hydrogens (tertiary/aromatic N) is 3. The van der Waals surface area contributed by atoms with Crippen LogP contribution in [0.2, 0.25) is 0 Å². The van der Waals surface area contributed by atoms with Gasteiger partial charge in [0, 0.05) is 17.5 Å². The second kappa shape index (κ2) is 5.13. The monoisotopic (exact) mass is 284 g/mol. The fourth-order valence-corrected chi connectivity index (χ4v) is 3.24. The van der Waals surface area contributed by atoms with Crippen molar-refractivity contribution in [3.63, 3.8) is 0 Å². The SMILES string of the molecule is O=C(Nc1nc2cccc(C3CCCCC3)n2n1)C1CC1. The maximum Gasteiger partial charge on any atom is 0.249 e. The van der Waals surface area contributed by atoms with Gasteiger partial charge in [0.25, 0.3) is 0 Å². The van der Waals surface area contributed by atoms with Crippen LogP contribution in [0.1, 0.15) is 56.6 Å². The van der Waals surface area contributed by atoms with E-state index in [9.17, 15) is 4.79 Å². The lowest BCUT2D eigenvalue weighted by Crippen LogP contribution is -2.14. The van der Waals surface area contributed by atoms with Crippen molar-refractivity contribution in [2.45, 2.75) is 50.9 Å². The van der Waals surface area contributed by atoms with Gasteiger partial charge in [0.05, 0.1) is 0 Å². The first kappa shape index (κ1) is 12.8. The van der Waals surface area contributed by atoms with E-state index in [1.807, 2.05) is 16.6 Å². The van der Waals surface area contributed by atoms with Crippen LogP contribution < -0.4 is 5.32 Å². The molecule has 2 aromatic rings. The molecule has 0 spiro atoms. The quantitative estimate of drug-likeness (QED) is 0.942. The third-order valence-corrected chi connectivity index (χ3v) is 4.60. The van der Waals surface area contributed by atoms with E-state index in [0.29, 0.717) is 11.9 Å². The van der Waals surface area contributed by atoms with E-state index < -0.39 is 0 Å². The third kappa shape index (κ3) is 2.52. The van der Waals surface area contributed by atoms with E-state index >= 15 is 0 Å². The van der Waals surface area contributed by atoms with Crippen LogP contribution >= 0.6 is 0 Å². The number of amides is 1. The van der Waals surface area contributed by atoms with E-state index in [-0.39, 0.29) is 11.8 Å². The van der Waals surface area contributed by atoms with Crippen LogP contribution in [0.3, 0.4) is 0 Å². The van der Waals surface area contributed by atoms with Crippen molar-refractivity contribution in [3.05, 3.63) is 23.9 Å². The molecule has 2 fully saturated rings. The fourth-order valence-electron chi connectivity index (χ4n) is 3.24. The zero-order valence-electron chi connectivity index (χ0n) is 12.1. The molecule has 0 aliphatic heterocycles. The molecule has 0 radical (unpaired) electrons. The maximum atomic E-state index is 11.8. The molecule has 0 aromatic carbocycles. The predicted octanol–water partition coefficient (Wildman–Crippen LogP) is 3.13. The maximum absolute atomic E-state index is 11.8. The Morgan fingerprint density at radius 3 is 2.71 bits per heavy atom. The third-order valence-electron chi connectivity index (χ3n) is 4.60. The number of rotatable bonds is 3. The van der Waals surface area contributed by atoms with Crippen molar-refractivity contribution >= 4 is 17.5 Å². The average Bonchev–Trinajstić information content (AvgIpc) is 3.28. The molecule has 110 valence electrons. The average molecular weight is 284 g/mol. The van der Waals surface area contributed by atoms with Crippen LogP contribution in [0.15, 0.2) is 18.2 Å². The first-order valence-electron chi connectivity index (χ1n) is 7.98. The fraction of sp³-hybridized carbons (Fsp3) is 0.562. The molecular weight excluding hydrogens is 264 g/mol. The van der Waals surface area contributed by atoms with Gasteiger partial charge in [-0.2, -0.15) is 4.98 Å². The van der Waals surface area contributed by atoms with Gasteiger partial charge in [-0.3, -0.25) is 10.1 Å². The lowest BCUT2D eigenvalue weighted by atomic mass is 9.87. The highest BCUT2D eigenvalue weighted by molar-refractivity contribution is 5.92. The van der Waals surface area contributed by atoms with Crippen LogP contribution in [-0.2, 0) is 4.79 Å². The molecule has 1 amide bonds. The molecule has 1 N–H and O–H groups in total. The van der Waals surface area contributed by atoms with Crippen LogP contribution in [0, 0.1) is 5.92 Å². The van der Waals surface area contributed by atoms with Gasteiger partial charge >= 0.3 is 0 Å². The number of hydrogen-bond acceptors (Lipinski definition) is 3. The standard InChI is InChI=1S/C16H20N4O/c21-15(12-9-10-12)18-16-17-14-8-4-7-13(20(14)19-16)11-5-2-1-3-6-11/h4,7-8,11-12H,1-3,5-6,9-10H2,(H,18,19,21). The Balaban J connectivity index is 1.64. The summed E-state index contributed by atoms with van der Waals surface area (Å²) in [6.45, 7) is 0. The zero-order chi connectivity index (χ0) is 14.2. The molecule has 2 aliphatic rings. The predicted molar refractivity (Wildman–Crippen MR) is 80.2 cm³/mol. The van der Waals surface area contributed by atoms with E-state index in [4.69, 9.17) is 0 Å². The van der Waals surface area contributed by atoms with Crippen molar-refractivity contribution in [3.8, 4) is 0 Å². The van der Waals surface area contributed by atoms with Crippen molar-refractivity contribution in [1.82, 2.24) is 14.6 Å². The summed E-state index contributed by atoms with van der Waals surface area (Å²) in [6, 6.07) is 6.14. The van der Waals surface area contributed by atoms with E-state index in [1.165, 1.54) is 37.8 Å². The highest BCUT2D eigenvalue weighted by Gasteiger charge is 2.30. The van der Waals surface area contributed by atoms with Crippen LogP contribution in [0.25, 0.3) is 5.65 Å². The van der Waals surface area contributed by atoms with E-state index in [1.54, 1.807) is 0 Å². The molecular formula is C16H20N4O. The summed E-state index contributed by atoms with van der Waals surface area (Å²) >= 11 is 0. The number of aromatic nitrogens is 3. The van der Waals surface area contributed by atoms with Crippen molar-refractivity contribution in [1.29, 1.82) is 0 Å². The first-order chi connectivity index (χ1) is 10.3. The second-order valence-electron chi connectivity index (χ2n) is 6.25. The summed E-state index contributed by atoms with van der Waals surface area (Å²) in [5.74, 6) is 1.24. The minimum absolute atomic E-state index is 0.0603. The molecule has 2 aliphatic carbocycles. The number of carbonyl (C=O) groups is 1. The van der Waals surface area contributed by atoms with Gasteiger partial charge in [-0.15, -0.1) is 5.10 Å². The van der Waals surface area contributed by atoms with Gasteiger partial charge in [-0.25, -0.2) is 4.52 Å². The highest BCUT2D eigenvalue weighted by Crippen LogP contribution is 2.33. The number of anilines is 1. The van der Waals surface area contributed by atoms with Crippen molar-refractivity contribution < 1.29 is 4.79 Å². The Labute approximate surface area is 123 Å². The minimum atomic E-state index is 0.0603. The molecule has 0 atom stereocenters. The molecule has 0 saturated heterocycles. The Hall–Kier alpha value is -1.91. The van der Waals surface area contributed by atoms with Gasteiger partial charge in [0.2, 0.25) is 11.9 Å². The normalized spacial score (nSPS) is 19.8. The van der Waals surface area contributed by atoms with Crippen molar-refractivity contribution in [2.75, 3.05) is 5.32 Å². The largest absolute Gasteiger partial charge is 0.293 e. The number of nitrogens with one attached hydrogen (secondary N) is 1. The lowest BCUT2D eigenvalue weighted by Gasteiger charge is -2.22. The van der Waals surface area contributed by atoms with Gasteiger partial charge in [0.1, 0.15) is 0 Å². The molecule has 21 heavy (non-hydrogen) atoms. The Bertz CT molecular complexity index is 668. The smallest absolute Gasteiger partial charge is 0.249 e. The summed E-state index contributed by atoms with van der Waals surface area (Å²) in [6.07, 6.45) is 8.36. The highest BCUT2D eigenvalue weighted by atomic mass is 16.2. The van der Waals surface area contributed by atoms with E-state index in [0.717, 1.165) is 18.5 Å².